The highest BCUT2D eigenvalue weighted by Crippen LogP contribution is 2.58. The van der Waals surface area contributed by atoms with E-state index in [4.69, 9.17) is 36.6 Å². The summed E-state index contributed by atoms with van der Waals surface area (Å²) in [5, 5.41) is 24.0. The van der Waals surface area contributed by atoms with Crippen LogP contribution in [0, 0.1) is 0 Å². The number of rotatable bonds is 22. The number of phosphoric ester groups is 2. The van der Waals surface area contributed by atoms with E-state index in [1.807, 2.05) is 133 Å². The van der Waals surface area contributed by atoms with Crippen LogP contribution >= 0.6 is 15.6 Å². The molecule has 1 aliphatic rings. The maximum atomic E-state index is 15.2. The SMILES string of the molecule is O=P(OCc1ccccc1)(OCc1ccccc1)O[C@@H]1[C@@H](OP(=O)(OCc2ccccc2)OCc2ccccc2)[C@H](OCc2ccccc2)[C@@H](O)[C@@H](O)[C@H]1OCc1ccccc1. The second-order valence-electron chi connectivity index (χ2n) is 14.6. The number of benzene rings is 6. The van der Waals surface area contributed by atoms with Crippen LogP contribution in [0.2, 0.25) is 0 Å². The van der Waals surface area contributed by atoms with Crippen LogP contribution in [0.5, 0.6) is 0 Å². The molecule has 0 saturated heterocycles. The normalized spacial score (nSPS) is 20.5. The van der Waals surface area contributed by atoms with Crippen molar-refractivity contribution in [1.29, 1.82) is 0 Å². The van der Waals surface area contributed by atoms with E-state index >= 15 is 9.13 Å². The fraction of sp³-hybridized carbons (Fsp3) is 0.250. The van der Waals surface area contributed by atoms with Crippen molar-refractivity contribution in [2.24, 2.45) is 0 Å². The topological polar surface area (TPSA) is 148 Å². The van der Waals surface area contributed by atoms with Gasteiger partial charge in [0.1, 0.15) is 36.6 Å². The van der Waals surface area contributed by atoms with E-state index in [0.717, 1.165) is 11.1 Å². The van der Waals surface area contributed by atoms with Crippen LogP contribution in [-0.2, 0) is 85.4 Å². The zero-order valence-corrected chi connectivity index (χ0v) is 35.7. The van der Waals surface area contributed by atoms with Crippen LogP contribution < -0.4 is 0 Å². The Balaban J connectivity index is 1.29. The number of aliphatic hydroxyl groups is 2. The quantitative estimate of drug-likeness (QED) is 0.0626. The first kappa shape index (κ1) is 45.4. The molecule has 0 unspecified atom stereocenters. The van der Waals surface area contributed by atoms with Crippen LogP contribution in [0.4, 0.5) is 0 Å². The Labute approximate surface area is 362 Å². The molecule has 6 atom stereocenters. The lowest BCUT2D eigenvalue weighted by Gasteiger charge is -2.47. The van der Waals surface area contributed by atoms with Crippen molar-refractivity contribution in [3.63, 3.8) is 0 Å². The fourth-order valence-corrected chi connectivity index (χ4v) is 9.41. The van der Waals surface area contributed by atoms with E-state index in [1.165, 1.54) is 0 Å². The molecule has 0 heterocycles. The molecule has 1 saturated carbocycles. The summed E-state index contributed by atoms with van der Waals surface area (Å²) in [6.45, 7) is -0.942. The van der Waals surface area contributed by atoms with Gasteiger partial charge < -0.3 is 19.7 Å². The molecular formula is C48H50O12P2. The summed E-state index contributed by atoms with van der Waals surface area (Å²) in [5.74, 6) is 0. The first-order valence-corrected chi connectivity index (χ1v) is 23.2. The Morgan fingerprint density at radius 2 is 0.532 bits per heavy atom. The first-order chi connectivity index (χ1) is 30.3. The number of phosphoric acid groups is 2. The van der Waals surface area contributed by atoms with E-state index in [9.17, 15) is 10.2 Å². The number of hydrogen-bond donors (Lipinski definition) is 2. The van der Waals surface area contributed by atoms with Gasteiger partial charge in [0.2, 0.25) is 0 Å². The molecule has 62 heavy (non-hydrogen) atoms. The van der Waals surface area contributed by atoms with Gasteiger partial charge in [-0.3, -0.25) is 27.1 Å². The van der Waals surface area contributed by atoms with Crippen LogP contribution in [0.15, 0.2) is 182 Å². The third-order valence-electron chi connectivity index (χ3n) is 10.00. The molecule has 0 amide bonds. The summed E-state index contributed by atoms with van der Waals surface area (Å²) in [6.07, 6.45) is -9.78. The molecule has 6 aromatic rings. The van der Waals surface area contributed by atoms with Crippen molar-refractivity contribution in [3.05, 3.63) is 215 Å². The minimum atomic E-state index is -4.71. The lowest BCUT2D eigenvalue weighted by molar-refractivity contribution is -0.245. The molecule has 7 rings (SSSR count). The Morgan fingerprint density at radius 3 is 0.758 bits per heavy atom. The highest BCUT2D eigenvalue weighted by atomic mass is 31.2. The first-order valence-electron chi connectivity index (χ1n) is 20.2. The largest absolute Gasteiger partial charge is 0.475 e. The van der Waals surface area contributed by atoms with Gasteiger partial charge >= 0.3 is 15.6 Å². The summed E-state index contributed by atoms with van der Waals surface area (Å²) in [7, 11) is -9.42. The van der Waals surface area contributed by atoms with Gasteiger partial charge in [0.25, 0.3) is 0 Å². The Bertz CT molecular complexity index is 2030. The van der Waals surface area contributed by atoms with Gasteiger partial charge in [-0.2, -0.15) is 0 Å². The van der Waals surface area contributed by atoms with Crippen molar-refractivity contribution < 1.29 is 56.0 Å². The Hall–Kier alpha value is -4.62. The van der Waals surface area contributed by atoms with Crippen molar-refractivity contribution in [1.82, 2.24) is 0 Å². The summed E-state index contributed by atoms with van der Waals surface area (Å²) >= 11 is 0. The standard InChI is InChI=1S/C48H50O12P2/c49-43-44(50)46(54-32-38-21-9-2-10-22-38)48(60-62(52,57-35-41-27-15-5-16-28-41)58-36-42-29-17-6-18-30-42)47(45(43)53-31-37-19-7-1-8-20-37)59-61(51,55-33-39-23-11-3-12-24-39)56-34-40-25-13-4-14-26-40/h1-30,43-50H,31-36H2/t43-,44+,45-,46-,47+,48+/m1/s1. The maximum Gasteiger partial charge on any atom is 0.475 e. The maximum absolute atomic E-state index is 15.2. The fourth-order valence-electron chi connectivity index (χ4n) is 6.72. The second-order valence-corrected chi connectivity index (χ2v) is 17.8. The van der Waals surface area contributed by atoms with Gasteiger partial charge in [-0.1, -0.05) is 182 Å². The van der Waals surface area contributed by atoms with Gasteiger partial charge in [-0.25, -0.2) is 9.13 Å². The van der Waals surface area contributed by atoms with Crippen molar-refractivity contribution >= 4 is 15.6 Å². The molecule has 2 N–H and O–H groups in total. The molecule has 6 aromatic carbocycles. The van der Waals surface area contributed by atoms with Gasteiger partial charge in [0.15, 0.2) is 0 Å². The predicted octanol–water partition coefficient (Wildman–Crippen LogP) is 9.75. The summed E-state index contributed by atoms with van der Waals surface area (Å²) < 4.78 is 80.2. The molecular weight excluding hydrogens is 830 g/mol. The Kier molecular flexibility index (Phi) is 16.6. The highest BCUT2D eigenvalue weighted by molar-refractivity contribution is 7.48. The zero-order valence-electron chi connectivity index (χ0n) is 33.9. The molecule has 0 aromatic heterocycles. The lowest BCUT2D eigenvalue weighted by Crippen LogP contribution is -2.66. The van der Waals surface area contributed by atoms with Crippen molar-refractivity contribution in [3.8, 4) is 0 Å². The van der Waals surface area contributed by atoms with Gasteiger partial charge in [0.05, 0.1) is 39.6 Å². The number of ether oxygens (including phenoxy) is 2. The molecule has 0 bridgehead atoms. The van der Waals surface area contributed by atoms with E-state index in [-0.39, 0.29) is 39.6 Å². The van der Waals surface area contributed by atoms with Crippen molar-refractivity contribution in [2.75, 3.05) is 0 Å². The zero-order chi connectivity index (χ0) is 43.0. The lowest BCUT2D eigenvalue weighted by atomic mass is 9.84. The van der Waals surface area contributed by atoms with Gasteiger partial charge in [-0.05, 0) is 33.4 Å². The number of aliphatic hydroxyl groups excluding tert-OH is 2. The number of hydrogen-bond acceptors (Lipinski definition) is 12. The van der Waals surface area contributed by atoms with Crippen LogP contribution in [-0.4, -0.2) is 46.8 Å². The van der Waals surface area contributed by atoms with Crippen molar-refractivity contribution in [2.45, 2.75) is 76.3 Å². The molecule has 12 nitrogen and oxygen atoms in total. The third kappa shape index (κ3) is 13.2. The average Bonchev–Trinajstić information content (AvgIpc) is 3.32. The molecule has 0 radical (unpaired) electrons. The highest BCUT2D eigenvalue weighted by Gasteiger charge is 2.57. The van der Waals surface area contributed by atoms with E-state index in [1.54, 1.807) is 48.5 Å². The van der Waals surface area contributed by atoms with Crippen LogP contribution in [0.3, 0.4) is 0 Å². The molecule has 1 fully saturated rings. The third-order valence-corrected chi connectivity index (χ3v) is 12.8. The summed E-state index contributed by atoms with van der Waals surface area (Å²) in [4.78, 5) is 0. The minimum Gasteiger partial charge on any atom is -0.387 e. The smallest absolute Gasteiger partial charge is 0.387 e. The molecule has 14 heteroatoms. The van der Waals surface area contributed by atoms with Crippen LogP contribution in [0.25, 0.3) is 0 Å². The molecule has 0 aliphatic heterocycles. The van der Waals surface area contributed by atoms with Crippen LogP contribution in [0.1, 0.15) is 33.4 Å². The molecule has 0 spiro atoms. The molecule has 324 valence electrons. The monoisotopic (exact) mass is 880 g/mol. The molecule has 1 aliphatic carbocycles. The predicted molar refractivity (Wildman–Crippen MR) is 232 cm³/mol. The summed E-state index contributed by atoms with van der Waals surface area (Å²) in [5.41, 5.74) is 4.11. The summed E-state index contributed by atoms with van der Waals surface area (Å²) in [6, 6.07) is 54.4. The van der Waals surface area contributed by atoms with Gasteiger partial charge in [0, 0.05) is 0 Å². The minimum absolute atomic E-state index is 0.0792. The average molecular weight is 881 g/mol. The second kappa shape index (κ2) is 22.6. The van der Waals surface area contributed by atoms with E-state index < -0.39 is 52.3 Å². The van der Waals surface area contributed by atoms with E-state index in [0.29, 0.717) is 22.3 Å². The van der Waals surface area contributed by atoms with E-state index in [2.05, 4.69) is 0 Å². The Morgan fingerprint density at radius 1 is 0.323 bits per heavy atom. The van der Waals surface area contributed by atoms with Gasteiger partial charge in [-0.15, -0.1) is 0 Å².